The van der Waals surface area contributed by atoms with Crippen LogP contribution in [0.4, 0.5) is 5.69 Å². The number of benzene rings is 2. The molecule has 0 saturated heterocycles. The van der Waals surface area contributed by atoms with Gasteiger partial charge in [0.2, 0.25) is 0 Å². The summed E-state index contributed by atoms with van der Waals surface area (Å²) in [5, 5.41) is 18.2. The fourth-order valence-corrected chi connectivity index (χ4v) is 2.54. The SMILES string of the molecule is N#Cc1ccccc1N1Cc2ccc(C(=O)O)cc2C1. The molecule has 0 amide bonds. The second kappa shape index (κ2) is 4.71. The summed E-state index contributed by atoms with van der Waals surface area (Å²) in [6.07, 6.45) is 0. The van der Waals surface area contributed by atoms with Crippen LogP contribution in [0.5, 0.6) is 0 Å². The lowest BCUT2D eigenvalue weighted by Gasteiger charge is -2.18. The highest BCUT2D eigenvalue weighted by Gasteiger charge is 2.22. The first-order valence-electron chi connectivity index (χ1n) is 6.28. The van der Waals surface area contributed by atoms with Crippen molar-refractivity contribution in [2.75, 3.05) is 4.90 Å². The molecule has 0 aromatic heterocycles. The van der Waals surface area contributed by atoms with Crippen LogP contribution in [0.2, 0.25) is 0 Å². The maximum atomic E-state index is 11.0. The molecule has 1 N–H and O–H groups in total. The van der Waals surface area contributed by atoms with Crippen LogP contribution >= 0.6 is 0 Å². The number of hydrogen-bond acceptors (Lipinski definition) is 3. The minimum Gasteiger partial charge on any atom is -0.478 e. The van der Waals surface area contributed by atoms with E-state index in [-0.39, 0.29) is 0 Å². The smallest absolute Gasteiger partial charge is 0.335 e. The molecule has 0 radical (unpaired) electrons. The van der Waals surface area contributed by atoms with Crippen molar-refractivity contribution in [2.45, 2.75) is 13.1 Å². The molecule has 0 aliphatic carbocycles. The van der Waals surface area contributed by atoms with Gasteiger partial charge in [-0.2, -0.15) is 5.26 Å². The number of nitrogens with zero attached hydrogens (tertiary/aromatic N) is 2. The molecule has 4 heteroatoms. The highest BCUT2D eigenvalue weighted by molar-refractivity contribution is 5.88. The predicted octanol–water partition coefficient (Wildman–Crippen LogP) is 2.78. The Morgan fingerprint density at radius 3 is 2.65 bits per heavy atom. The summed E-state index contributed by atoms with van der Waals surface area (Å²) in [7, 11) is 0. The Morgan fingerprint density at radius 1 is 1.15 bits per heavy atom. The third-order valence-corrected chi connectivity index (χ3v) is 3.54. The first-order valence-corrected chi connectivity index (χ1v) is 6.28. The molecule has 4 nitrogen and oxygen atoms in total. The molecule has 3 rings (SSSR count). The van der Waals surface area contributed by atoms with Crippen molar-refractivity contribution in [1.29, 1.82) is 5.26 Å². The van der Waals surface area contributed by atoms with Gasteiger partial charge in [-0.05, 0) is 35.4 Å². The Kier molecular flexibility index (Phi) is 2.88. The second-order valence-corrected chi connectivity index (χ2v) is 4.77. The molecule has 2 aromatic rings. The van der Waals surface area contributed by atoms with Crippen LogP contribution < -0.4 is 4.90 Å². The van der Waals surface area contributed by atoms with Gasteiger partial charge in [0.05, 0.1) is 16.8 Å². The van der Waals surface area contributed by atoms with Crippen LogP contribution in [0.15, 0.2) is 42.5 Å². The second-order valence-electron chi connectivity index (χ2n) is 4.77. The minimum atomic E-state index is -0.913. The monoisotopic (exact) mass is 264 g/mol. The van der Waals surface area contributed by atoms with Crippen LogP contribution in [0, 0.1) is 11.3 Å². The topological polar surface area (TPSA) is 64.3 Å². The van der Waals surface area contributed by atoms with Gasteiger partial charge in [0.1, 0.15) is 6.07 Å². The van der Waals surface area contributed by atoms with Crippen molar-refractivity contribution in [2.24, 2.45) is 0 Å². The molecule has 0 saturated carbocycles. The molecule has 0 fully saturated rings. The van der Waals surface area contributed by atoms with Gasteiger partial charge in [-0.1, -0.05) is 18.2 Å². The number of aromatic carboxylic acids is 1. The van der Waals surface area contributed by atoms with Crippen molar-refractivity contribution in [3.8, 4) is 6.07 Å². The molecule has 0 spiro atoms. The lowest BCUT2D eigenvalue weighted by Crippen LogP contribution is -2.15. The fraction of sp³-hybridized carbons (Fsp3) is 0.125. The third kappa shape index (κ3) is 1.99. The van der Waals surface area contributed by atoms with Crippen molar-refractivity contribution >= 4 is 11.7 Å². The van der Waals surface area contributed by atoms with E-state index in [4.69, 9.17) is 10.4 Å². The van der Waals surface area contributed by atoms with Gasteiger partial charge in [-0.15, -0.1) is 0 Å². The molecule has 0 bridgehead atoms. The number of carbonyl (C=O) groups is 1. The molecule has 20 heavy (non-hydrogen) atoms. The van der Waals surface area contributed by atoms with E-state index < -0.39 is 5.97 Å². The van der Waals surface area contributed by atoms with Crippen LogP contribution in [0.1, 0.15) is 27.0 Å². The average Bonchev–Trinajstić information content (AvgIpc) is 2.89. The Bertz CT molecular complexity index is 731. The summed E-state index contributed by atoms with van der Waals surface area (Å²) in [6.45, 7) is 1.34. The summed E-state index contributed by atoms with van der Waals surface area (Å²) in [4.78, 5) is 13.1. The van der Waals surface area contributed by atoms with E-state index in [0.29, 0.717) is 24.2 Å². The molecule has 1 aliphatic rings. The molecule has 2 aromatic carbocycles. The van der Waals surface area contributed by atoms with Crippen LogP contribution in [0.25, 0.3) is 0 Å². The van der Waals surface area contributed by atoms with Crippen molar-refractivity contribution in [3.05, 3.63) is 64.7 Å². The Labute approximate surface area is 116 Å². The molecular weight excluding hydrogens is 252 g/mol. The first-order chi connectivity index (χ1) is 9.69. The number of hydrogen-bond donors (Lipinski definition) is 1. The number of rotatable bonds is 2. The Hall–Kier alpha value is -2.80. The van der Waals surface area contributed by atoms with E-state index in [9.17, 15) is 4.79 Å². The van der Waals surface area contributed by atoms with E-state index in [1.54, 1.807) is 18.2 Å². The molecule has 98 valence electrons. The van der Waals surface area contributed by atoms with Gasteiger partial charge < -0.3 is 10.0 Å². The first kappa shape index (κ1) is 12.2. The molecule has 0 unspecified atom stereocenters. The molecule has 1 heterocycles. The zero-order valence-corrected chi connectivity index (χ0v) is 10.7. The van der Waals surface area contributed by atoms with Crippen molar-refractivity contribution < 1.29 is 9.90 Å². The zero-order chi connectivity index (χ0) is 14.1. The zero-order valence-electron chi connectivity index (χ0n) is 10.7. The standard InChI is InChI=1S/C16H12N2O2/c17-8-12-3-1-2-4-15(12)18-9-13-6-5-11(16(19)20)7-14(13)10-18/h1-7H,9-10H2,(H,19,20). The van der Waals surface area contributed by atoms with E-state index in [0.717, 1.165) is 16.8 Å². The summed E-state index contributed by atoms with van der Waals surface area (Å²) in [6, 6.07) is 14.8. The van der Waals surface area contributed by atoms with Gasteiger partial charge in [-0.25, -0.2) is 4.79 Å². The highest BCUT2D eigenvalue weighted by atomic mass is 16.4. The lowest BCUT2D eigenvalue weighted by molar-refractivity contribution is 0.0697. The summed E-state index contributed by atoms with van der Waals surface area (Å²) >= 11 is 0. The average molecular weight is 264 g/mol. The maximum Gasteiger partial charge on any atom is 0.335 e. The molecule has 0 atom stereocenters. The number of carboxylic acid groups (broad SMARTS) is 1. The Morgan fingerprint density at radius 2 is 1.90 bits per heavy atom. The normalized spacial score (nSPS) is 12.8. The van der Waals surface area contributed by atoms with Gasteiger partial charge in [0.15, 0.2) is 0 Å². The van der Waals surface area contributed by atoms with Crippen LogP contribution in [0.3, 0.4) is 0 Å². The minimum absolute atomic E-state index is 0.305. The summed E-state index contributed by atoms with van der Waals surface area (Å²) in [5.41, 5.74) is 3.96. The van der Waals surface area contributed by atoms with Crippen LogP contribution in [-0.4, -0.2) is 11.1 Å². The fourth-order valence-electron chi connectivity index (χ4n) is 2.54. The van der Waals surface area contributed by atoms with Gasteiger partial charge in [-0.3, -0.25) is 0 Å². The number of fused-ring (bicyclic) bond motifs is 1. The van der Waals surface area contributed by atoms with E-state index >= 15 is 0 Å². The van der Waals surface area contributed by atoms with Gasteiger partial charge in [0, 0.05) is 13.1 Å². The Balaban J connectivity index is 1.94. The third-order valence-electron chi connectivity index (χ3n) is 3.54. The van der Waals surface area contributed by atoms with Crippen molar-refractivity contribution in [1.82, 2.24) is 0 Å². The predicted molar refractivity (Wildman–Crippen MR) is 74.4 cm³/mol. The summed E-state index contributed by atoms with van der Waals surface area (Å²) in [5.74, 6) is -0.913. The number of anilines is 1. The number of para-hydroxylation sites is 1. The van der Waals surface area contributed by atoms with Crippen LogP contribution in [-0.2, 0) is 13.1 Å². The largest absolute Gasteiger partial charge is 0.478 e. The van der Waals surface area contributed by atoms with Crippen molar-refractivity contribution in [3.63, 3.8) is 0 Å². The molecule has 1 aliphatic heterocycles. The van der Waals surface area contributed by atoms with E-state index in [2.05, 4.69) is 11.0 Å². The maximum absolute atomic E-state index is 11.0. The summed E-state index contributed by atoms with van der Waals surface area (Å²) < 4.78 is 0. The van der Waals surface area contributed by atoms with E-state index in [1.807, 2.05) is 24.3 Å². The number of nitriles is 1. The van der Waals surface area contributed by atoms with E-state index in [1.165, 1.54) is 0 Å². The van der Waals surface area contributed by atoms with Gasteiger partial charge in [0.25, 0.3) is 0 Å². The molecular formula is C16H12N2O2. The van der Waals surface area contributed by atoms with Gasteiger partial charge >= 0.3 is 5.97 Å². The lowest BCUT2D eigenvalue weighted by atomic mass is 10.1. The highest BCUT2D eigenvalue weighted by Crippen LogP contribution is 2.30. The number of carboxylic acids is 1. The quantitative estimate of drug-likeness (QED) is 0.905.